The van der Waals surface area contributed by atoms with E-state index in [1.54, 1.807) is 0 Å². The molecule has 0 saturated carbocycles. The molecule has 1 aromatic rings. The molecule has 0 amide bonds. The number of benzene rings is 1. The molecule has 0 aliphatic rings. The van der Waals surface area contributed by atoms with Gasteiger partial charge in [-0.2, -0.15) is 13.9 Å². The van der Waals surface area contributed by atoms with Gasteiger partial charge in [-0.15, -0.1) is 0 Å². The summed E-state index contributed by atoms with van der Waals surface area (Å²) in [5, 5.41) is 3.10. The topological polar surface area (TPSA) is 47.6 Å². The minimum atomic E-state index is -2.97. The number of hydrogen-bond donors (Lipinski definition) is 1. The molecule has 1 rings (SSSR count). The Hall–Kier alpha value is -1.72. The summed E-state index contributed by atoms with van der Waals surface area (Å²) in [6.45, 7) is -2.97. The number of rotatable bonds is 3. The third kappa shape index (κ3) is 2.65. The van der Waals surface area contributed by atoms with Crippen LogP contribution in [0.4, 0.5) is 13.2 Å². The predicted molar refractivity (Wildman–Crippen MR) is 44.8 cm³/mol. The Labute approximate surface area is 78.0 Å². The van der Waals surface area contributed by atoms with Crippen LogP contribution in [0.15, 0.2) is 23.3 Å². The van der Waals surface area contributed by atoms with Gasteiger partial charge < -0.3 is 10.6 Å². The molecule has 14 heavy (non-hydrogen) atoms. The smallest absolute Gasteiger partial charge is 0.387 e. The predicted octanol–water partition coefficient (Wildman–Crippen LogP) is 1.72. The summed E-state index contributed by atoms with van der Waals surface area (Å²) >= 11 is 0. The molecule has 76 valence electrons. The van der Waals surface area contributed by atoms with Gasteiger partial charge in [0.05, 0.1) is 6.21 Å². The van der Waals surface area contributed by atoms with E-state index in [0.717, 1.165) is 12.3 Å². The Morgan fingerprint density at radius 3 is 2.64 bits per heavy atom. The summed E-state index contributed by atoms with van der Waals surface area (Å²) < 4.78 is 40.4. The lowest BCUT2D eigenvalue weighted by Gasteiger charge is -2.04. The molecule has 0 fully saturated rings. The Morgan fingerprint density at radius 2 is 2.14 bits per heavy atom. The average molecular weight is 204 g/mol. The van der Waals surface area contributed by atoms with Crippen LogP contribution in [0.3, 0.4) is 0 Å². The molecule has 0 aromatic heterocycles. The summed E-state index contributed by atoms with van der Waals surface area (Å²) in [5.41, 5.74) is 0.106. The van der Waals surface area contributed by atoms with Crippen LogP contribution in [-0.2, 0) is 0 Å². The van der Waals surface area contributed by atoms with Gasteiger partial charge in [-0.3, -0.25) is 0 Å². The van der Waals surface area contributed by atoms with E-state index in [9.17, 15) is 13.2 Å². The SMILES string of the molecule is NN=Cc1ccc(OC(F)F)cc1F. The van der Waals surface area contributed by atoms with E-state index < -0.39 is 12.4 Å². The minimum absolute atomic E-state index is 0.106. The molecular formula is C8H7F3N2O. The minimum Gasteiger partial charge on any atom is -0.435 e. The molecule has 0 unspecified atom stereocenters. The van der Waals surface area contributed by atoms with Crippen LogP contribution in [0.25, 0.3) is 0 Å². The Bertz CT molecular complexity index is 341. The zero-order valence-corrected chi connectivity index (χ0v) is 6.95. The van der Waals surface area contributed by atoms with Crippen LogP contribution >= 0.6 is 0 Å². The van der Waals surface area contributed by atoms with Gasteiger partial charge in [-0.25, -0.2) is 4.39 Å². The van der Waals surface area contributed by atoms with Crippen molar-refractivity contribution in [3.8, 4) is 5.75 Å². The molecule has 0 aliphatic heterocycles. The van der Waals surface area contributed by atoms with Crippen molar-refractivity contribution >= 4 is 6.21 Å². The van der Waals surface area contributed by atoms with Crippen molar-refractivity contribution in [3.63, 3.8) is 0 Å². The van der Waals surface area contributed by atoms with Crippen LogP contribution in [0, 0.1) is 5.82 Å². The maximum atomic E-state index is 13.0. The Morgan fingerprint density at radius 1 is 1.43 bits per heavy atom. The van der Waals surface area contributed by atoms with Gasteiger partial charge in [0.25, 0.3) is 0 Å². The van der Waals surface area contributed by atoms with Gasteiger partial charge in [0, 0.05) is 11.6 Å². The van der Waals surface area contributed by atoms with Crippen molar-refractivity contribution in [3.05, 3.63) is 29.6 Å². The molecule has 0 aliphatic carbocycles. The van der Waals surface area contributed by atoms with Crippen molar-refractivity contribution in [1.82, 2.24) is 0 Å². The first kappa shape index (κ1) is 10.4. The van der Waals surface area contributed by atoms with E-state index in [1.165, 1.54) is 12.1 Å². The summed E-state index contributed by atoms with van der Waals surface area (Å²) in [4.78, 5) is 0. The maximum Gasteiger partial charge on any atom is 0.387 e. The first-order valence-corrected chi connectivity index (χ1v) is 3.61. The van der Waals surface area contributed by atoms with Crippen LogP contribution in [0.1, 0.15) is 5.56 Å². The fraction of sp³-hybridized carbons (Fsp3) is 0.125. The first-order valence-electron chi connectivity index (χ1n) is 3.61. The van der Waals surface area contributed by atoms with E-state index in [0.29, 0.717) is 0 Å². The van der Waals surface area contributed by atoms with Gasteiger partial charge >= 0.3 is 6.61 Å². The highest BCUT2D eigenvalue weighted by Crippen LogP contribution is 2.17. The van der Waals surface area contributed by atoms with E-state index in [2.05, 4.69) is 9.84 Å². The molecule has 2 N–H and O–H groups in total. The summed E-state index contributed by atoms with van der Waals surface area (Å²) in [6, 6.07) is 3.28. The molecule has 0 spiro atoms. The average Bonchev–Trinajstić information content (AvgIpc) is 2.09. The van der Waals surface area contributed by atoms with Gasteiger partial charge in [0.1, 0.15) is 11.6 Å². The Kier molecular flexibility index (Phi) is 3.33. The number of hydrazone groups is 1. The summed E-state index contributed by atoms with van der Waals surface area (Å²) in [5.74, 6) is 3.83. The lowest BCUT2D eigenvalue weighted by molar-refractivity contribution is -0.0499. The van der Waals surface area contributed by atoms with Gasteiger partial charge in [0.15, 0.2) is 0 Å². The van der Waals surface area contributed by atoms with Crippen LogP contribution < -0.4 is 10.6 Å². The molecule has 3 nitrogen and oxygen atoms in total. The van der Waals surface area contributed by atoms with Crippen molar-refractivity contribution in [2.75, 3.05) is 0 Å². The number of nitrogens with zero attached hydrogens (tertiary/aromatic N) is 1. The van der Waals surface area contributed by atoms with E-state index in [-0.39, 0.29) is 11.3 Å². The first-order chi connectivity index (χ1) is 6.63. The van der Waals surface area contributed by atoms with Gasteiger partial charge in [-0.05, 0) is 12.1 Å². The number of nitrogens with two attached hydrogens (primary N) is 1. The number of alkyl halides is 2. The fourth-order valence-electron chi connectivity index (χ4n) is 0.869. The molecule has 0 saturated heterocycles. The third-order valence-corrected chi connectivity index (χ3v) is 1.41. The molecule has 0 bridgehead atoms. The second-order valence-corrected chi connectivity index (χ2v) is 2.34. The second-order valence-electron chi connectivity index (χ2n) is 2.34. The molecule has 0 heterocycles. The van der Waals surface area contributed by atoms with Crippen LogP contribution in [0.2, 0.25) is 0 Å². The van der Waals surface area contributed by atoms with Crippen molar-refractivity contribution in [2.45, 2.75) is 6.61 Å². The monoisotopic (exact) mass is 204 g/mol. The quantitative estimate of drug-likeness (QED) is 0.463. The largest absolute Gasteiger partial charge is 0.435 e. The summed E-state index contributed by atoms with van der Waals surface area (Å²) in [6.07, 6.45) is 1.07. The lowest BCUT2D eigenvalue weighted by Crippen LogP contribution is -2.02. The highest BCUT2D eigenvalue weighted by Gasteiger charge is 2.06. The van der Waals surface area contributed by atoms with Crippen LogP contribution in [-0.4, -0.2) is 12.8 Å². The van der Waals surface area contributed by atoms with Crippen molar-refractivity contribution in [1.29, 1.82) is 0 Å². The Balaban J connectivity index is 2.88. The molecular weight excluding hydrogens is 197 g/mol. The number of ether oxygens (including phenoxy) is 1. The highest BCUT2D eigenvalue weighted by molar-refractivity contribution is 5.79. The van der Waals surface area contributed by atoms with E-state index in [4.69, 9.17) is 5.84 Å². The zero-order valence-electron chi connectivity index (χ0n) is 6.95. The normalized spacial score (nSPS) is 11.1. The number of halogens is 3. The second kappa shape index (κ2) is 4.50. The number of hydrogen-bond acceptors (Lipinski definition) is 3. The standard InChI is InChI=1S/C8H7F3N2O/c9-7-3-6(14-8(10)11)2-1-5(7)4-13-12/h1-4,8H,12H2. The molecule has 6 heteroatoms. The molecule has 0 atom stereocenters. The van der Waals surface area contributed by atoms with E-state index >= 15 is 0 Å². The van der Waals surface area contributed by atoms with Crippen LogP contribution in [0.5, 0.6) is 5.75 Å². The zero-order chi connectivity index (χ0) is 10.6. The maximum absolute atomic E-state index is 13.0. The highest BCUT2D eigenvalue weighted by atomic mass is 19.3. The van der Waals surface area contributed by atoms with Gasteiger partial charge in [-0.1, -0.05) is 0 Å². The third-order valence-electron chi connectivity index (χ3n) is 1.41. The summed E-state index contributed by atoms with van der Waals surface area (Å²) in [7, 11) is 0. The lowest BCUT2D eigenvalue weighted by atomic mass is 10.2. The van der Waals surface area contributed by atoms with Crippen molar-refractivity contribution < 1.29 is 17.9 Å². The van der Waals surface area contributed by atoms with Crippen molar-refractivity contribution in [2.24, 2.45) is 10.9 Å². The van der Waals surface area contributed by atoms with E-state index in [1.807, 2.05) is 0 Å². The molecule has 0 radical (unpaired) electrons. The fourth-order valence-corrected chi connectivity index (χ4v) is 0.869. The molecule has 1 aromatic carbocycles. The van der Waals surface area contributed by atoms with Gasteiger partial charge in [0.2, 0.25) is 0 Å².